The lowest BCUT2D eigenvalue weighted by Crippen LogP contribution is -2.47. The van der Waals surface area contributed by atoms with Crippen LogP contribution in [0.2, 0.25) is 0 Å². The maximum atomic E-state index is 13.9. The third-order valence-electron chi connectivity index (χ3n) is 4.20. The van der Waals surface area contributed by atoms with E-state index in [0.29, 0.717) is 5.75 Å². The molecule has 0 radical (unpaired) electrons. The molecule has 32 heavy (non-hydrogen) atoms. The van der Waals surface area contributed by atoms with E-state index < -0.39 is 44.4 Å². The van der Waals surface area contributed by atoms with E-state index in [1.54, 1.807) is 6.26 Å². The molecule has 0 aliphatic heterocycles. The highest BCUT2D eigenvalue weighted by molar-refractivity contribution is 7.98. The van der Waals surface area contributed by atoms with Gasteiger partial charge < -0.3 is 10.1 Å². The maximum Gasteiger partial charge on any atom is 0.416 e. The molecule has 0 heterocycles. The predicted octanol–water partition coefficient (Wildman–Crippen LogP) is 3.44. The summed E-state index contributed by atoms with van der Waals surface area (Å²) in [7, 11) is -4.27. The molecule has 0 spiro atoms. The molecule has 1 unspecified atom stereocenters. The number of benzene rings is 2. The minimum absolute atomic E-state index is 0.0168. The van der Waals surface area contributed by atoms with Crippen LogP contribution in [-0.2, 0) is 21.0 Å². The average molecular weight is 495 g/mol. The summed E-state index contributed by atoms with van der Waals surface area (Å²) < 4.78 is 84.1. The third kappa shape index (κ3) is 7.68. The molecule has 1 atom stereocenters. The molecule has 0 saturated carbocycles. The normalized spacial score (nSPS) is 12.9. The fourth-order valence-corrected chi connectivity index (χ4v) is 4.38. The summed E-state index contributed by atoms with van der Waals surface area (Å²) in [4.78, 5) is 11.9. The van der Waals surface area contributed by atoms with Crippen molar-refractivity contribution in [2.45, 2.75) is 23.5 Å². The molecule has 2 aromatic rings. The Hall–Kier alpha value is -2.31. The number of thioether (sulfide) groups is 1. The largest absolute Gasteiger partial charge is 0.492 e. The van der Waals surface area contributed by atoms with Crippen LogP contribution in [0.1, 0.15) is 12.0 Å². The van der Waals surface area contributed by atoms with Crippen molar-refractivity contribution in [3.63, 3.8) is 0 Å². The minimum Gasteiger partial charge on any atom is -0.492 e. The quantitative estimate of drug-likeness (QED) is 0.369. The van der Waals surface area contributed by atoms with Crippen LogP contribution >= 0.6 is 11.8 Å². The van der Waals surface area contributed by atoms with Gasteiger partial charge in [0, 0.05) is 0 Å². The van der Waals surface area contributed by atoms with Gasteiger partial charge in [0.2, 0.25) is 15.9 Å². The summed E-state index contributed by atoms with van der Waals surface area (Å²) in [6, 6.07) is 7.76. The average Bonchev–Trinajstić information content (AvgIpc) is 2.74. The van der Waals surface area contributed by atoms with Crippen molar-refractivity contribution in [2.75, 3.05) is 25.2 Å². The number of sulfonamides is 1. The Bertz CT molecular complexity index is 999. The summed E-state index contributed by atoms with van der Waals surface area (Å²) in [6.45, 7) is -0.0660. The highest BCUT2D eigenvalue weighted by Crippen LogP contribution is 2.30. The number of ether oxygens (including phenoxy) is 1. The number of rotatable bonds is 11. The summed E-state index contributed by atoms with van der Waals surface area (Å²) in [5, 5.41) is 2.51. The molecule has 2 rings (SSSR count). The molecule has 12 heteroatoms. The Morgan fingerprint density at radius 1 is 1.12 bits per heavy atom. The van der Waals surface area contributed by atoms with Crippen LogP contribution in [0.3, 0.4) is 0 Å². The Labute approximate surface area is 187 Å². The molecule has 2 N–H and O–H groups in total. The van der Waals surface area contributed by atoms with Gasteiger partial charge in [-0.15, -0.1) is 0 Å². The van der Waals surface area contributed by atoms with Gasteiger partial charge >= 0.3 is 6.18 Å². The van der Waals surface area contributed by atoms with Gasteiger partial charge in [-0.2, -0.15) is 29.7 Å². The second kappa shape index (κ2) is 11.5. The number of amides is 1. The number of nitrogens with one attached hydrogen (secondary N) is 2. The van der Waals surface area contributed by atoms with Crippen molar-refractivity contribution < 1.29 is 35.5 Å². The van der Waals surface area contributed by atoms with Crippen LogP contribution in [0.15, 0.2) is 53.4 Å². The van der Waals surface area contributed by atoms with Gasteiger partial charge in [0.25, 0.3) is 0 Å². The van der Waals surface area contributed by atoms with Crippen molar-refractivity contribution in [3.05, 3.63) is 59.9 Å². The fraction of sp³-hybridized carbons (Fsp3) is 0.350. The Kier molecular flexibility index (Phi) is 9.34. The summed E-state index contributed by atoms with van der Waals surface area (Å²) in [6.07, 6.45) is -2.49. The summed E-state index contributed by atoms with van der Waals surface area (Å²) in [5.41, 5.74) is -0.808. The molecular formula is C20H22F4N2O4S2. The van der Waals surface area contributed by atoms with Gasteiger partial charge in [-0.1, -0.05) is 12.1 Å². The SMILES string of the molecule is CSCCC(NS(=O)(=O)c1ccccc1F)C(=O)NCCOc1ccc(C(F)(F)F)cc1. The summed E-state index contributed by atoms with van der Waals surface area (Å²) >= 11 is 1.41. The first-order valence-corrected chi connectivity index (χ1v) is 12.3. The van der Waals surface area contributed by atoms with Gasteiger partial charge in [0.1, 0.15) is 29.1 Å². The first-order chi connectivity index (χ1) is 15.0. The number of carbonyl (C=O) groups excluding carboxylic acids is 1. The molecule has 6 nitrogen and oxygen atoms in total. The van der Waals surface area contributed by atoms with Gasteiger partial charge in [0.15, 0.2) is 0 Å². The van der Waals surface area contributed by atoms with E-state index >= 15 is 0 Å². The zero-order valence-corrected chi connectivity index (χ0v) is 18.6. The Morgan fingerprint density at radius 2 is 1.78 bits per heavy atom. The Morgan fingerprint density at radius 3 is 2.38 bits per heavy atom. The molecule has 176 valence electrons. The van der Waals surface area contributed by atoms with Crippen LogP contribution < -0.4 is 14.8 Å². The lowest BCUT2D eigenvalue weighted by Gasteiger charge is -2.18. The smallest absolute Gasteiger partial charge is 0.416 e. The van der Waals surface area contributed by atoms with Crippen LogP contribution in [-0.4, -0.2) is 45.5 Å². The lowest BCUT2D eigenvalue weighted by molar-refractivity contribution is -0.137. The molecule has 0 aliphatic carbocycles. The first kappa shape index (κ1) is 25.9. The van der Waals surface area contributed by atoms with Crippen molar-refractivity contribution in [1.82, 2.24) is 10.0 Å². The van der Waals surface area contributed by atoms with E-state index in [9.17, 15) is 30.8 Å². The zero-order valence-electron chi connectivity index (χ0n) is 17.0. The van der Waals surface area contributed by atoms with E-state index in [1.807, 2.05) is 0 Å². The third-order valence-corrected chi connectivity index (χ3v) is 6.35. The van der Waals surface area contributed by atoms with Gasteiger partial charge in [0.05, 0.1) is 12.1 Å². The zero-order chi connectivity index (χ0) is 23.8. The molecule has 0 bridgehead atoms. The number of carbonyl (C=O) groups is 1. The topological polar surface area (TPSA) is 84.5 Å². The second-order valence-electron chi connectivity index (χ2n) is 6.55. The van der Waals surface area contributed by atoms with Crippen molar-refractivity contribution in [1.29, 1.82) is 0 Å². The number of alkyl halides is 3. The van der Waals surface area contributed by atoms with E-state index in [4.69, 9.17) is 4.74 Å². The molecule has 1 amide bonds. The second-order valence-corrected chi connectivity index (χ2v) is 9.22. The standard InChI is InChI=1S/C20H22F4N2O4S2/c1-31-13-10-17(26-32(28,29)18-5-3-2-4-16(18)21)19(27)25-11-12-30-15-8-6-14(7-9-15)20(22,23)24/h2-9,17,26H,10-13H2,1H3,(H,25,27). The molecule has 0 aromatic heterocycles. The van der Waals surface area contributed by atoms with Gasteiger partial charge in [-0.25, -0.2) is 12.8 Å². The lowest BCUT2D eigenvalue weighted by atomic mass is 10.2. The molecular weight excluding hydrogens is 472 g/mol. The first-order valence-electron chi connectivity index (χ1n) is 9.38. The molecule has 0 saturated heterocycles. The van der Waals surface area contributed by atoms with E-state index in [2.05, 4.69) is 10.0 Å². The molecule has 0 aliphatic rings. The van der Waals surface area contributed by atoms with Crippen molar-refractivity contribution in [3.8, 4) is 5.75 Å². The van der Waals surface area contributed by atoms with Gasteiger partial charge in [-0.3, -0.25) is 4.79 Å². The predicted molar refractivity (Wildman–Crippen MR) is 113 cm³/mol. The molecule has 2 aromatic carbocycles. The Balaban J connectivity index is 1.93. The van der Waals surface area contributed by atoms with E-state index in [0.717, 1.165) is 36.4 Å². The van der Waals surface area contributed by atoms with E-state index in [1.165, 1.54) is 23.9 Å². The maximum absolute atomic E-state index is 13.9. The van der Waals surface area contributed by atoms with Crippen LogP contribution in [0.5, 0.6) is 5.75 Å². The highest BCUT2D eigenvalue weighted by atomic mass is 32.2. The number of hydrogen-bond acceptors (Lipinski definition) is 5. The van der Waals surface area contributed by atoms with Crippen LogP contribution in [0.25, 0.3) is 0 Å². The minimum atomic E-state index is -4.45. The van der Waals surface area contributed by atoms with Crippen LogP contribution in [0.4, 0.5) is 17.6 Å². The van der Waals surface area contributed by atoms with Gasteiger partial charge in [-0.05, 0) is 54.8 Å². The summed E-state index contributed by atoms with van der Waals surface area (Å²) in [5.74, 6) is -0.907. The fourth-order valence-electron chi connectivity index (χ4n) is 2.60. The number of hydrogen-bond donors (Lipinski definition) is 2. The monoisotopic (exact) mass is 494 g/mol. The highest BCUT2D eigenvalue weighted by Gasteiger charge is 2.30. The van der Waals surface area contributed by atoms with Crippen molar-refractivity contribution in [2.24, 2.45) is 0 Å². The number of halogens is 4. The van der Waals surface area contributed by atoms with E-state index in [-0.39, 0.29) is 25.3 Å². The molecule has 0 fully saturated rings. The van der Waals surface area contributed by atoms with Crippen LogP contribution in [0, 0.1) is 5.82 Å². The van der Waals surface area contributed by atoms with Crippen molar-refractivity contribution >= 4 is 27.7 Å².